The summed E-state index contributed by atoms with van der Waals surface area (Å²) in [6.07, 6.45) is 0. The van der Waals surface area contributed by atoms with E-state index in [9.17, 15) is 8.42 Å². The Labute approximate surface area is 113 Å². The lowest BCUT2D eigenvalue weighted by atomic mass is 10.1. The first kappa shape index (κ1) is 14.3. The Balaban J connectivity index is 2.34. The van der Waals surface area contributed by atoms with Crippen LogP contribution in [0.2, 0.25) is 0 Å². The van der Waals surface area contributed by atoms with Crippen LogP contribution in [0.15, 0.2) is 24.3 Å². The van der Waals surface area contributed by atoms with Gasteiger partial charge in [0.2, 0.25) is 0 Å². The zero-order valence-corrected chi connectivity index (χ0v) is 12.0. The summed E-state index contributed by atoms with van der Waals surface area (Å²) < 4.78 is 29.3. The van der Waals surface area contributed by atoms with Gasteiger partial charge in [0.05, 0.1) is 17.9 Å². The molecule has 19 heavy (non-hydrogen) atoms. The van der Waals surface area contributed by atoms with Crippen molar-refractivity contribution in [1.82, 2.24) is 0 Å². The average Bonchev–Trinajstić information content (AvgIpc) is 3.07. The van der Waals surface area contributed by atoms with E-state index in [-0.39, 0.29) is 18.2 Å². The molecule has 1 fully saturated rings. The fourth-order valence-electron chi connectivity index (χ4n) is 2.68. The molecule has 0 bridgehead atoms. The first-order valence-electron chi connectivity index (χ1n) is 6.25. The monoisotopic (exact) mass is 284 g/mol. The Morgan fingerprint density at radius 1 is 1.32 bits per heavy atom. The maximum atomic E-state index is 12.1. The summed E-state index contributed by atoms with van der Waals surface area (Å²) in [5, 5.41) is -0.580. The molecule has 6 heteroatoms. The summed E-state index contributed by atoms with van der Waals surface area (Å²) in [5.74, 6) is 0.589. The maximum absolute atomic E-state index is 12.1. The largest absolute Gasteiger partial charge is 0.497 e. The van der Waals surface area contributed by atoms with E-state index in [1.807, 2.05) is 12.1 Å². The molecule has 3 atom stereocenters. The molecule has 0 heterocycles. The molecular weight excluding hydrogens is 264 g/mol. The minimum atomic E-state index is -3.19. The summed E-state index contributed by atoms with van der Waals surface area (Å²) in [5.41, 5.74) is 11.9. The van der Waals surface area contributed by atoms with Crippen molar-refractivity contribution in [2.24, 2.45) is 11.5 Å². The van der Waals surface area contributed by atoms with E-state index >= 15 is 0 Å². The minimum absolute atomic E-state index is 0.0866. The van der Waals surface area contributed by atoms with Gasteiger partial charge in [-0.05, 0) is 17.7 Å². The van der Waals surface area contributed by atoms with Gasteiger partial charge in [-0.25, -0.2) is 8.42 Å². The number of nitrogens with two attached hydrogens (primary N) is 2. The second-order valence-corrected chi connectivity index (χ2v) is 7.35. The molecule has 0 saturated heterocycles. The van der Waals surface area contributed by atoms with Gasteiger partial charge in [-0.1, -0.05) is 19.1 Å². The van der Waals surface area contributed by atoms with Crippen molar-refractivity contribution in [3.63, 3.8) is 0 Å². The fraction of sp³-hybridized carbons (Fsp3) is 0.538. The Bertz CT molecular complexity index is 556. The number of methoxy groups -OCH3 is 1. The normalized spacial score (nSPS) is 30.1. The van der Waals surface area contributed by atoms with E-state index in [4.69, 9.17) is 16.2 Å². The van der Waals surface area contributed by atoms with Crippen LogP contribution in [-0.4, -0.2) is 38.6 Å². The summed E-state index contributed by atoms with van der Waals surface area (Å²) in [6.45, 7) is 1.79. The van der Waals surface area contributed by atoms with E-state index < -0.39 is 20.6 Å². The molecule has 0 amide bonds. The van der Waals surface area contributed by atoms with Gasteiger partial charge in [0.15, 0.2) is 9.84 Å². The van der Waals surface area contributed by atoms with Crippen LogP contribution in [0.3, 0.4) is 0 Å². The average molecular weight is 284 g/mol. The highest BCUT2D eigenvalue weighted by Gasteiger charge is 2.67. The van der Waals surface area contributed by atoms with Gasteiger partial charge >= 0.3 is 0 Å². The highest BCUT2D eigenvalue weighted by atomic mass is 32.2. The minimum Gasteiger partial charge on any atom is -0.497 e. The van der Waals surface area contributed by atoms with E-state index in [2.05, 4.69) is 0 Å². The van der Waals surface area contributed by atoms with Gasteiger partial charge < -0.3 is 16.2 Å². The van der Waals surface area contributed by atoms with Crippen LogP contribution in [0, 0.1) is 0 Å². The lowest BCUT2D eigenvalue weighted by Crippen LogP contribution is -2.39. The second kappa shape index (κ2) is 4.77. The summed E-state index contributed by atoms with van der Waals surface area (Å²) in [7, 11) is -1.61. The van der Waals surface area contributed by atoms with Crippen molar-refractivity contribution in [3.8, 4) is 5.75 Å². The number of hydrogen-bond donors (Lipinski definition) is 2. The molecule has 2 rings (SSSR count). The molecule has 1 aromatic rings. The van der Waals surface area contributed by atoms with Crippen LogP contribution in [0.25, 0.3) is 0 Å². The van der Waals surface area contributed by atoms with E-state index in [1.165, 1.54) is 0 Å². The van der Waals surface area contributed by atoms with Crippen molar-refractivity contribution in [2.75, 3.05) is 19.4 Å². The van der Waals surface area contributed by atoms with Crippen LogP contribution in [0.5, 0.6) is 5.75 Å². The number of sulfone groups is 1. The Hall–Kier alpha value is -1.11. The van der Waals surface area contributed by atoms with Crippen LogP contribution < -0.4 is 16.2 Å². The Morgan fingerprint density at radius 3 is 2.32 bits per heavy atom. The van der Waals surface area contributed by atoms with Gasteiger partial charge in [-0.2, -0.15) is 0 Å². The standard InChI is InChI=1S/C13H20N2O3S/c1-3-19(16,17)12-11(13(12,15)8-14)9-4-6-10(18-2)7-5-9/h4-7,11-12H,3,8,14-15H2,1-2H3/t11-,12+,13+/m1/s1. The summed E-state index contributed by atoms with van der Waals surface area (Å²) in [6, 6.07) is 7.32. The zero-order chi connectivity index (χ0) is 14.3. The molecule has 5 nitrogen and oxygen atoms in total. The van der Waals surface area contributed by atoms with Crippen molar-refractivity contribution >= 4 is 9.84 Å². The fourth-order valence-corrected chi connectivity index (χ4v) is 4.70. The van der Waals surface area contributed by atoms with Crippen LogP contribution >= 0.6 is 0 Å². The Kier molecular flexibility index (Phi) is 3.59. The number of benzene rings is 1. The smallest absolute Gasteiger partial charge is 0.155 e. The van der Waals surface area contributed by atoms with Crippen LogP contribution in [0.4, 0.5) is 0 Å². The van der Waals surface area contributed by atoms with Crippen LogP contribution in [-0.2, 0) is 9.84 Å². The van der Waals surface area contributed by atoms with Gasteiger partial charge in [0.1, 0.15) is 5.75 Å². The number of ether oxygens (including phenoxy) is 1. The molecule has 106 valence electrons. The molecule has 1 aliphatic carbocycles. The predicted octanol–water partition coefficient (Wildman–Crippen LogP) is 0.252. The van der Waals surface area contributed by atoms with Crippen molar-refractivity contribution in [3.05, 3.63) is 29.8 Å². The second-order valence-electron chi connectivity index (χ2n) is 4.94. The number of hydrogen-bond acceptors (Lipinski definition) is 5. The molecule has 1 aromatic carbocycles. The lowest BCUT2D eigenvalue weighted by Gasteiger charge is -2.08. The molecule has 0 radical (unpaired) electrons. The highest BCUT2D eigenvalue weighted by molar-refractivity contribution is 7.92. The molecule has 0 unspecified atom stereocenters. The van der Waals surface area contributed by atoms with Gasteiger partial charge in [-0.15, -0.1) is 0 Å². The SMILES string of the molecule is CCS(=O)(=O)[C@H]1[C@@H](c2ccc(OC)cc2)[C@@]1(N)CN. The van der Waals surface area contributed by atoms with Gasteiger partial charge in [-0.3, -0.25) is 0 Å². The maximum Gasteiger partial charge on any atom is 0.155 e. The zero-order valence-electron chi connectivity index (χ0n) is 11.2. The van der Waals surface area contributed by atoms with Gasteiger partial charge in [0, 0.05) is 18.2 Å². The topological polar surface area (TPSA) is 95.4 Å². The molecule has 1 saturated carbocycles. The van der Waals surface area contributed by atoms with Crippen molar-refractivity contribution in [2.45, 2.75) is 23.6 Å². The van der Waals surface area contributed by atoms with Crippen LogP contribution in [0.1, 0.15) is 18.4 Å². The highest BCUT2D eigenvalue weighted by Crippen LogP contribution is 2.53. The van der Waals surface area contributed by atoms with E-state index in [1.54, 1.807) is 26.2 Å². The van der Waals surface area contributed by atoms with E-state index in [0.717, 1.165) is 11.3 Å². The lowest BCUT2D eigenvalue weighted by molar-refractivity contribution is 0.414. The predicted molar refractivity (Wildman–Crippen MR) is 75.0 cm³/mol. The molecule has 1 aliphatic rings. The van der Waals surface area contributed by atoms with Crippen molar-refractivity contribution < 1.29 is 13.2 Å². The Morgan fingerprint density at radius 2 is 1.89 bits per heavy atom. The number of rotatable bonds is 5. The van der Waals surface area contributed by atoms with Gasteiger partial charge in [0.25, 0.3) is 0 Å². The molecule has 0 aliphatic heterocycles. The van der Waals surface area contributed by atoms with E-state index in [0.29, 0.717) is 0 Å². The summed E-state index contributed by atoms with van der Waals surface area (Å²) >= 11 is 0. The molecule has 4 N–H and O–H groups in total. The summed E-state index contributed by atoms with van der Waals surface area (Å²) in [4.78, 5) is 0. The first-order chi connectivity index (χ1) is 8.90. The quantitative estimate of drug-likeness (QED) is 0.808. The molecule has 0 aromatic heterocycles. The molecular formula is C13H20N2O3S. The third-order valence-electron chi connectivity index (χ3n) is 3.92. The first-order valence-corrected chi connectivity index (χ1v) is 7.96. The third kappa shape index (κ3) is 2.24. The third-order valence-corrected chi connectivity index (χ3v) is 6.21. The molecule has 0 spiro atoms. The van der Waals surface area contributed by atoms with Crippen molar-refractivity contribution in [1.29, 1.82) is 0 Å².